The van der Waals surface area contributed by atoms with Crippen LogP contribution in [0.2, 0.25) is 0 Å². The fraction of sp³-hybridized carbons (Fsp3) is 0.364. The molecule has 0 unspecified atom stereocenters. The molecular weight excluding hydrogens is 241 g/mol. The van der Waals surface area contributed by atoms with E-state index in [1.54, 1.807) is 0 Å². The molecule has 1 amide bonds. The lowest BCUT2D eigenvalue weighted by molar-refractivity contribution is -0.384. The van der Waals surface area contributed by atoms with Crippen molar-refractivity contribution in [3.63, 3.8) is 0 Å². The molecule has 6 nitrogen and oxygen atoms in total. The molecule has 98 valence electrons. The molecule has 0 spiro atoms. The monoisotopic (exact) mass is 255 g/mol. The van der Waals surface area contributed by atoms with Gasteiger partial charge in [0, 0.05) is 12.1 Å². The van der Waals surface area contributed by atoms with E-state index in [2.05, 4.69) is 5.32 Å². The number of nitrogens with two attached hydrogens (primary N) is 1. The van der Waals surface area contributed by atoms with Crippen LogP contribution in [0, 0.1) is 15.9 Å². The smallest absolute Gasteiger partial charge is 0.271 e. The van der Waals surface area contributed by atoms with Crippen molar-refractivity contribution in [1.82, 2.24) is 0 Å². The summed E-state index contributed by atoms with van der Waals surface area (Å²) < 4.78 is 13.4. The summed E-state index contributed by atoms with van der Waals surface area (Å²) in [6.45, 7) is 1.86. The van der Waals surface area contributed by atoms with Gasteiger partial charge in [-0.25, -0.2) is 4.39 Å². The zero-order chi connectivity index (χ0) is 13.7. The second-order valence-corrected chi connectivity index (χ2v) is 3.81. The summed E-state index contributed by atoms with van der Waals surface area (Å²) in [4.78, 5) is 21.4. The molecular formula is C11H14FN3O3. The maximum Gasteiger partial charge on any atom is 0.271 e. The minimum atomic E-state index is -0.756. The number of halogens is 1. The number of carbonyl (C=O) groups excluding carboxylic acids is 1. The van der Waals surface area contributed by atoms with Crippen molar-refractivity contribution in [3.8, 4) is 0 Å². The number of nitrogens with one attached hydrogen (secondary N) is 1. The minimum Gasteiger partial charge on any atom is -0.322 e. The van der Waals surface area contributed by atoms with Crippen LogP contribution < -0.4 is 11.1 Å². The molecule has 1 aromatic carbocycles. The highest BCUT2D eigenvalue weighted by molar-refractivity contribution is 5.95. The van der Waals surface area contributed by atoms with E-state index in [1.165, 1.54) is 0 Å². The van der Waals surface area contributed by atoms with Gasteiger partial charge < -0.3 is 11.1 Å². The predicted octanol–water partition coefficient (Wildman–Crippen LogP) is 1.80. The Bertz CT molecular complexity index is 465. The second kappa shape index (κ2) is 6.06. The number of nitro groups is 1. The molecule has 1 atom stereocenters. The Morgan fingerprint density at radius 3 is 2.83 bits per heavy atom. The van der Waals surface area contributed by atoms with Crippen molar-refractivity contribution in [1.29, 1.82) is 0 Å². The number of anilines is 1. The van der Waals surface area contributed by atoms with Crippen molar-refractivity contribution < 1.29 is 14.1 Å². The molecule has 0 saturated carbocycles. The topological polar surface area (TPSA) is 98.3 Å². The van der Waals surface area contributed by atoms with Gasteiger partial charge in [0.1, 0.15) is 5.82 Å². The third kappa shape index (κ3) is 3.49. The number of rotatable bonds is 5. The van der Waals surface area contributed by atoms with Gasteiger partial charge in [-0.3, -0.25) is 14.9 Å². The molecule has 0 aliphatic heterocycles. The predicted molar refractivity (Wildman–Crippen MR) is 64.6 cm³/mol. The van der Waals surface area contributed by atoms with E-state index in [-0.39, 0.29) is 11.4 Å². The summed E-state index contributed by atoms with van der Waals surface area (Å²) in [5, 5.41) is 12.8. The lowest BCUT2D eigenvalue weighted by atomic mass is 10.1. The first-order chi connectivity index (χ1) is 8.45. The number of hydrogen-bond donors (Lipinski definition) is 2. The third-order valence-electron chi connectivity index (χ3n) is 2.36. The summed E-state index contributed by atoms with van der Waals surface area (Å²) in [7, 11) is 0. The Morgan fingerprint density at radius 1 is 1.61 bits per heavy atom. The summed E-state index contributed by atoms with van der Waals surface area (Å²) in [6.07, 6.45) is 1.17. The summed E-state index contributed by atoms with van der Waals surface area (Å²) in [5.41, 5.74) is 5.02. The molecule has 3 N–H and O–H groups in total. The van der Waals surface area contributed by atoms with Gasteiger partial charge in [0.25, 0.3) is 5.69 Å². The zero-order valence-corrected chi connectivity index (χ0v) is 9.85. The Morgan fingerprint density at radius 2 is 2.28 bits per heavy atom. The number of amides is 1. The van der Waals surface area contributed by atoms with E-state index in [4.69, 9.17) is 5.73 Å². The van der Waals surface area contributed by atoms with E-state index < -0.39 is 22.7 Å². The van der Waals surface area contributed by atoms with Crippen molar-refractivity contribution in [2.75, 3.05) is 5.32 Å². The average molecular weight is 255 g/mol. The molecule has 0 aromatic heterocycles. The number of non-ortho nitro benzene ring substituents is 1. The van der Waals surface area contributed by atoms with Crippen LogP contribution in [0.5, 0.6) is 0 Å². The first-order valence-electron chi connectivity index (χ1n) is 5.46. The van der Waals surface area contributed by atoms with Gasteiger partial charge in [-0.2, -0.15) is 0 Å². The van der Waals surface area contributed by atoms with E-state index in [1.807, 2.05) is 6.92 Å². The number of nitrogens with zero attached hydrogens (tertiary/aromatic N) is 1. The first kappa shape index (κ1) is 14.0. The third-order valence-corrected chi connectivity index (χ3v) is 2.36. The number of nitro benzene ring substituents is 1. The molecule has 0 radical (unpaired) electrons. The van der Waals surface area contributed by atoms with Gasteiger partial charge >= 0.3 is 0 Å². The molecule has 0 bridgehead atoms. The minimum absolute atomic E-state index is 0.235. The van der Waals surface area contributed by atoms with Gasteiger partial charge in [0.2, 0.25) is 5.91 Å². The van der Waals surface area contributed by atoms with Gasteiger partial charge in [-0.15, -0.1) is 0 Å². The Labute approximate surface area is 103 Å². The van der Waals surface area contributed by atoms with Gasteiger partial charge in [-0.1, -0.05) is 13.3 Å². The molecule has 0 aliphatic carbocycles. The van der Waals surface area contributed by atoms with Crippen molar-refractivity contribution in [3.05, 3.63) is 34.1 Å². The molecule has 18 heavy (non-hydrogen) atoms. The maximum absolute atomic E-state index is 13.4. The van der Waals surface area contributed by atoms with Crippen molar-refractivity contribution >= 4 is 17.3 Å². The van der Waals surface area contributed by atoms with Crippen LogP contribution in [0.1, 0.15) is 19.8 Å². The Kier molecular flexibility index (Phi) is 4.73. The molecule has 1 aromatic rings. The van der Waals surface area contributed by atoms with Crippen LogP contribution in [-0.2, 0) is 4.79 Å². The van der Waals surface area contributed by atoms with Crippen molar-refractivity contribution in [2.45, 2.75) is 25.8 Å². The highest BCUT2D eigenvalue weighted by atomic mass is 19.1. The SMILES string of the molecule is CCC[C@@H](N)C(=O)Nc1cc([N+](=O)[O-])ccc1F. The van der Waals surface area contributed by atoms with Gasteiger partial charge in [0.15, 0.2) is 0 Å². The lowest BCUT2D eigenvalue weighted by Crippen LogP contribution is -2.35. The fourth-order valence-corrected chi connectivity index (χ4v) is 1.39. The highest BCUT2D eigenvalue weighted by Gasteiger charge is 2.16. The summed E-state index contributed by atoms with van der Waals surface area (Å²) >= 11 is 0. The maximum atomic E-state index is 13.4. The second-order valence-electron chi connectivity index (χ2n) is 3.81. The summed E-state index contributed by atoms with van der Waals surface area (Å²) in [6, 6.07) is 2.16. The molecule has 0 aliphatic rings. The summed E-state index contributed by atoms with van der Waals surface area (Å²) in [5.74, 6) is -1.30. The molecule has 0 saturated heterocycles. The fourth-order valence-electron chi connectivity index (χ4n) is 1.39. The van der Waals surface area contributed by atoms with E-state index >= 15 is 0 Å². The van der Waals surface area contributed by atoms with Gasteiger partial charge in [-0.05, 0) is 12.5 Å². The van der Waals surface area contributed by atoms with Crippen LogP contribution >= 0.6 is 0 Å². The highest BCUT2D eigenvalue weighted by Crippen LogP contribution is 2.21. The lowest BCUT2D eigenvalue weighted by Gasteiger charge is -2.11. The van der Waals surface area contributed by atoms with Crippen LogP contribution in [0.3, 0.4) is 0 Å². The van der Waals surface area contributed by atoms with Gasteiger partial charge in [0.05, 0.1) is 16.7 Å². The van der Waals surface area contributed by atoms with Crippen LogP contribution in [0.15, 0.2) is 18.2 Å². The molecule has 1 rings (SSSR count). The number of carbonyl (C=O) groups is 1. The Hall–Kier alpha value is -2.02. The van der Waals surface area contributed by atoms with E-state index in [0.717, 1.165) is 18.2 Å². The van der Waals surface area contributed by atoms with Crippen molar-refractivity contribution in [2.24, 2.45) is 5.73 Å². The first-order valence-corrected chi connectivity index (χ1v) is 5.46. The zero-order valence-electron chi connectivity index (χ0n) is 9.85. The van der Waals surface area contributed by atoms with Crippen LogP contribution in [-0.4, -0.2) is 16.9 Å². The molecule has 0 fully saturated rings. The van der Waals surface area contributed by atoms with Crippen LogP contribution in [0.25, 0.3) is 0 Å². The largest absolute Gasteiger partial charge is 0.322 e. The van der Waals surface area contributed by atoms with E-state index in [9.17, 15) is 19.3 Å². The Balaban J connectivity index is 2.86. The average Bonchev–Trinajstić information content (AvgIpc) is 2.31. The standard InChI is InChI=1S/C11H14FN3O3/c1-2-3-9(13)11(16)14-10-6-7(15(17)18)4-5-8(10)12/h4-6,9H,2-3,13H2,1H3,(H,14,16)/t9-/m1/s1. The van der Waals surface area contributed by atoms with Crippen LogP contribution in [0.4, 0.5) is 15.8 Å². The van der Waals surface area contributed by atoms with E-state index in [0.29, 0.717) is 12.8 Å². The normalized spacial score (nSPS) is 11.9. The quantitative estimate of drug-likeness (QED) is 0.619. The molecule has 7 heteroatoms. The number of hydrogen-bond acceptors (Lipinski definition) is 4. The molecule has 0 heterocycles. The number of benzene rings is 1.